The molecule has 1 N–H and O–H groups in total. The van der Waals surface area contributed by atoms with Gasteiger partial charge >= 0.3 is 0 Å². The van der Waals surface area contributed by atoms with E-state index < -0.39 is 0 Å². The lowest BCUT2D eigenvalue weighted by Gasteiger charge is -2.15. The van der Waals surface area contributed by atoms with Crippen molar-refractivity contribution in [2.75, 3.05) is 22.6 Å². The molecule has 5 nitrogen and oxygen atoms in total. The van der Waals surface area contributed by atoms with E-state index in [9.17, 15) is 4.79 Å². The van der Waals surface area contributed by atoms with E-state index in [1.807, 2.05) is 19.9 Å². The largest absolute Gasteiger partial charge is 0.431 e. The molecule has 0 fully saturated rings. The zero-order valence-corrected chi connectivity index (χ0v) is 26.6. The number of benzene rings is 1. The number of amides is 1. The van der Waals surface area contributed by atoms with Gasteiger partial charge in [-0.25, -0.2) is 9.97 Å². The van der Waals surface area contributed by atoms with E-state index in [2.05, 4.69) is 44.1 Å². The predicted octanol–water partition coefficient (Wildman–Crippen LogP) is 9.91. The van der Waals surface area contributed by atoms with E-state index in [4.69, 9.17) is 21.0 Å². The zero-order valence-electron chi connectivity index (χ0n) is 23.4. The maximum absolute atomic E-state index is 12.7. The average Bonchev–Trinajstić information content (AvgIpc) is 3.29. The molecule has 3 rings (SSSR count). The number of halogens is 1. The summed E-state index contributed by atoms with van der Waals surface area (Å²) in [6.45, 7) is 12.5. The summed E-state index contributed by atoms with van der Waals surface area (Å²) in [7, 11) is 0. The first-order valence-corrected chi connectivity index (χ1v) is 16.9. The van der Waals surface area contributed by atoms with Crippen LogP contribution in [0.5, 0.6) is 0 Å². The minimum absolute atomic E-state index is 0.0780. The Morgan fingerprint density at radius 2 is 1.71 bits per heavy atom. The quantitative estimate of drug-likeness (QED) is 0.139. The molecule has 0 saturated heterocycles. The summed E-state index contributed by atoms with van der Waals surface area (Å²) in [6, 6.07) is 4.08. The fourth-order valence-corrected chi connectivity index (χ4v) is 6.92. The number of carbonyl (C=O) groups excluding carboxylic acids is 1. The van der Waals surface area contributed by atoms with Gasteiger partial charge in [0.1, 0.15) is 10.5 Å². The van der Waals surface area contributed by atoms with Gasteiger partial charge in [-0.2, -0.15) is 0 Å². The molecule has 0 aliphatic carbocycles. The van der Waals surface area contributed by atoms with Gasteiger partial charge in [-0.05, 0) is 61.8 Å². The number of nitrogens with zero attached hydrogens (tertiary/aromatic N) is 2. The summed E-state index contributed by atoms with van der Waals surface area (Å²) in [5, 5.41) is 5.55. The maximum Gasteiger partial charge on any atom is 0.256 e. The summed E-state index contributed by atoms with van der Waals surface area (Å²) < 4.78 is 6.11. The van der Waals surface area contributed by atoms with E-state index in [0.717, 1.165) is 103 Å². The molecule has 3 aromatic rings. The van der Waals surface area contributed by atoms with E-state index in [0.29, 0.717) is 12.3 Å². The number of carbonyl (C=O) groups is 1. The number of aromatic nitrogens is 2. The van der Waals surface area contributed by atoms with Crippen LogP contribution in [0.2, 0.25) is 5.02 Å². The first-order valence-electron chi connectivity index (χ1n) is 13.5. The number of pyridine rings is 1. The number of nitrogens with one attached hydrogen (secondary N) is 1. The summed E-state index contributed by atoms with van der Waals surface area (Å²) in [5.74, 6) is 3.25. The van der Waals surface area contributed by atoms with Crippen molar-refractivity contribution in [1.29, 1.82) is 0 Å². The third-order valence-corrected chi connectivity index (χ3v) is 9.27. The molecule has 38 heavy (non-hydrogen) atoms. The lowest BCUT2D eigenvalue weighted by atomic mass is 10.0. The molecular weight excluding hydrogens is 554 g/mol. The number of unbranched alkanes of at least 4 members (excludes halogenated alkanes) is 4. The van der Waals surface area contributed by atoms with Crippen molar-refractivity contribution in [3.05, 3.63) is 34.0 Å². The second-order valence-electron chi connectivity index (χ2n) is 9.61. The Hall–Kier alpha value is -1.35. The maximum atomic E-state index is 12.7. The van der Waals surface area contributed by atoms with E-state index in [1.165, 1.54) is 0 Å². The highest BCUT2D eigenvalue weighted by Gasteiger charge is 2.18. The first-order chi connectivity index (χ1) is 18.2. The Labute approximate surface area is 245 Å². The smallest absolute Gasteiger partial charge is 0.256 e. The normalized spacial score (nSPS) is 11.6. The van der Waals surface area contributed by atoms with Crippen LogP contribution < -0.4 is 5.32 Å². The second-order valence-corrected chi connectivity index (χ2v) is 13.6. The van der Waals surface area contributed by atoms with Crippen molar-refractivity contribution in [2.24, 2.45) is 0 Å². The minimum Gasteiger partial charge on any atom is -0.431 e. The number of rotatable bonds is 15. The molecule has 0 radical (unpaired) electrons. The number of hydrogen-bond donors (Lipinski definition) is 1. The van der Waals surface area contributed by atoms with Gasteiger partial charge in [-0.15, -0.1) is 23.5 Å². The Kier molecular flexibility index (Phi) is 12.7. The summed E-state index contributed by atoms with van der Waals surface area (Å²) in [5.41, 5.74) is 5.70. The molecule has 0 aliphatic heterocycles. The summed E-state index contributed by atoms with van der Waals surface area (Å²) >= 11 is 11.5. The molecule has 208 valence electrons. The SMILES string of the molecule is CCSc1cc(C)nc(SCC)c1NC(=O)CCCCCCCSc1nc2c(C)c(Cl)cc(C(C)C)c2o1. The van der Waals surface area contributed by atoms with Crippen LogP contribution in [0.4, 0.5) is 5.69 Å². The van der Waals surface area contributed by atoms with Crippen molar-refractivity contribution >= 4 is 69.6 Å². The van der Waals surface area contributed by atoms with Crippen molar-refractivity contribution in [3.8, 4) is 0 Å². The highest BCUT2D eigenvalue weighted by molar-refractivity contribution is 8.00. The number of oxazole rings is 1. The van der Waals surface area contributed by atoms with E-state index >= 15 is 0 Å². The Morgan fingerprint density at radius 3 is 2.42 bits per heavy atom. The summed E-state index contributed by atoms with van der Waals surface area (Å²) in [4.78, 5) is 23.2. The molecule has 0 saturated carbocycles. The van der Waals surface area contributed by atoms with Gasteiger partial charge in [0, 0.05) is 33.3 Å². The molecule has 1 amide bonds. The minimum atomic E-state index is 0.0780. The highest BCUT2D eigenvalue weighted by atomic mass is 35.5. The molecule has 0 atom stereocenters. The summed E-state index contributed by atoms with van der Waals surface area (Å²) in [6.07, 6.45) is 5.83. The molecule has 2 heterocycles. The average molecular weight is 594 g/mol. The fourth-order valence-electron chi connectivity index (χ4n) is 4.18. The van der Waals surface area contributed by atoms with Crippen molar-refractivity contribution in [2.45, 2.75) is 101 Å². The predicted molar refractivity (Wildman–Crippen MR) is 167 cm³/mol. The zero-order chi connectivity index (χ0) is 27.7. The van der Waals surface area contributed by atoms with Crippen LogP contribution >= 0.6 is 46.9 Å². The third kappa shape index (κ3) is 8.57. The molecular formula is C29H40ClN3O2S3. The number of hydrogen-bond acceptors (Lipinski definition) is 7. The molecule has 2 aromatic heterocycles. The number of aryl methyl sites for hydroxylation is 2. The van der Waals surface area contributed by atoms with Crippen LogP contribution in [-0.2, 0) is 4.79 Å². The van der Waals surface area contributed by atoms with Gasteiger partial charge in [0.05, 0.1) is 5.69 Å². The number of fused-ring (bicyclic) bond motifs is 1. The molecule has 0 aliphatic rings. The lowest BCUT2D eigenvalue weighted by Crippen LogP contribution is -2.13. The Morgan fingerprint density at radius 1 is 1.00 bits per heavy atom. The Bertz CT molecular complexity index is 1200. The van der Waals surface area contributed by atoms with Gasteiger partial charge in [-0.3, -0.25) is 4.79 Å². The van der Waals surface area contributed by atoms with Crippen LogP contribution in [0.15, 0.2) is 31.7 Å². The number of thioether (sulfide) groups is 3. The van der Waals surface area contributed by atoms with E-state index in [-0.39, 0.29) is 5.91 Å². The van der Waals surface area contributed by atoms with Gasteiger partial charge in [-0.1, -0.05) is 70.3 Å². The van der Waals surface area contributed by atoms with Crippen molar-refractivity contribution in [3.63, 3.8) is 0 Å². The molecule has 0 bridgehead atoms. The monoisotopic (exact) mass is 593 g/mol. The van der Waals surface area contributed by atoms with Crippen LogP contribution in [0, 0.1) is 13.8 Å². The van der Waals surface area contributed by atoms with Crippen LogP contribution in [0.1, 0.15) is 89.0 Å². The molecule has 9 heteroatoms. The Balaban J connectivity index is 1.40. The van der Waals surface area contributed by atoms with E-state index in [1.54, 1.807) is 35.3 Å². The van der Waals surface area contributed by atoms with Gasteiger partial charge in [0.25, 0.3) is 5.22 Å². The third-order valence-electron chi connectivity index (χ3n) is 6.18. The number of anilines is 1. The first kappa shape index (κ1) is 31.2. The standard InChI is InChI=1S/C29H40ClN3O2S3/c1-7-36-23-16-19(5)31-28(37-8-2)26(23)32-24(34)14-12-10-9-11-13-15-38-29-33-25-20(6)22(30)17-21(18(3)4)27(25)35-29/h16-18H,7-15H2,1-6H3,(H,32,34). The molecule has 1 aromatic carbocycles. The van der Waals surface area contributed by atoms with Crippen LogP contribution in [0.3, 0.4) is 0 Å². The van der Waals surface area contributed by atoms with Crippen LogP contribution in [0.25, 0.3) is 11.1 Å². The van der Waals surface area contributed by atoms with Crippen molar-refractivity contribution in [1.82, 2.24) is 9.97 Å². The second kappa shape index (κ2) is 15.4. The topological polar surface area (TPSA) is 68.0 Å². The van der Waals surface area contributed by atoms with Gasteiger partial charge in [0.15, 0.2) is 5.58 Å². The van der Waals surface area contributed by atoms with Crippen molar-refractivity contribution < 1.29 is 9.21 Å². The molecule has 0 spiro atoms. The fraction of sp³-hybridized carbons (Fsp3) is 0.552. The highest BCUT2D eigenvalue weighted by Crippen LogP contribution is 2.37. The van der Waals surface area contributed by atoms with Gasteiger partial charge < -0.3 is 9.73 Å². The molecule has 0 unspecified atom stereocenters. The van der Waals surface area contributed by atoms with Crippen LogP contribution in [-0.4, -0.2) is 33.1 Å². The lowest BCUT2D eigenvalue weighted by molar-refractivity contribution is -0.116. The van der Waals surface area contributed by atoms with Gasteiger partial charge in [0.2, 0.25) is 5.91 Å².